The van der Waals surface area contributed by atoms with Gasteiger partial charge < -0.3 is 0 Å². The average molecular weight is 186 g/mol. The van der Waals surface area contributed by atoms with E-state index in [2.05, 4.69) is 46.3 Å². The van der Waals surface area contributed by atoms with Gasteiger partial charge in [0.15, 0.2) is 0 Å². The summed E-state index contributed by atoms with van der Waals surface area (Å²) in [6.07, 6.45) is 7.65. The molecule has 0 amide bonds. The molecule has 0 aromatic heterocycles. The number of allylic oxidation sites excluding steroid dienone is 5. The van der Waals surface area contributed by atoms with Crippen molar-refractivity contribution in [3.8, 4) is 12.3 Å². The van der Waals surface area contributed by atoms with Crippen molar-refractivity contribution in [3.05, 3.63) is 34.9 Å². The lowest BCUT2D eigenvalue weighted by atomic mass is 9.89. The minimum absolute atomic E-state index is 0.481. The molecule has 0 fully saturated rings. The lowest BCUT2D eigenvalue weighted by molar-refractivity contribution is 0.705. The van der Waals surface area contributed by atoms with Gasteiger partial charge in [-0.15, -0.1) is 6.42 Å². The van der Waals surface area contributed by atoms with Gasteiger partial charge in [0.25, 0.3) is 0 Å². The Morgan fingerprint density at radius 1 is 1.21 bits per heavy atom. The van der Waals surface area contributed by atoms with Crippen molar-refractivity contribution < 1.29 is 0 Å². The number of hydrogen-bond donors (Lipinski definition) is 0. The molecule has 0 bridgehead atoms. The molecule has 74 valence electrons. The Morgan fingerprint density at radius 3 is 2.14 bits per heavy atom. The van der Waals surface area contributed by atoms with Gasteiger partial charge in [0.2, 0.25) is 0 Å². The Hall–Kier alpha value is -1.22. The molecule has 0 aliphatic heterocycles. The zero-order chi connectivity index (χ0) is 10.9. The lowest BCUT2D eigenvalue weighted by Gasteiger charge is -2.15. The molecular weight excluding hydrogens is 168 g/mol. The van der Waals surface area contributed by atoms with Crippen molar-refractivity contribution in [2.24, 2.45) is 11.8 Å². The van der Waals surface area contributed by atoms with Crippen LogP contribution in [0.15, 0.2) is 34.9 Å². The van der Waals surface area contributed by atoms with E-state index in [1.165, 1.54) is 11.1 Å². The van der Waals surface area contributed by atoms with Crippen LogP contribution in [0, 0.1) is 24.2 Å². The molecule has 0 spiro atoms. The van der Waals surface area contributed by atoms with E-state index < -0.39 is 0 Å². The van der Waals surface area contributed by atoms with Crippen LogP contribution in [0.2, 0.25) is 0 Å². The second-order valence-electron chi connectivity index (χ2n) is 4.37. The van der Waals surface area contributed by atoms with Gasteiger partial charge in [-0.2, -0.15) is 0 Å². The van der Waals surface area contributed by atoms with E-state index in [1.54, 1.807) is 0 Å². The highest BCUT2D eigenvalue weighted by Crippen LogP contribution is 2.37. The summed E-state index contributed by atoms with van der Waals surface area (Å²) in [7, 11) is 0. The Kier molecular flexibility index (Phi) is 3.01. The minimum Gasteiger partial charge on any atom is -0.115 e. The van der Waals surface area contributed by atoms with Crippen LogP contribution < -0.4 is 0 Å². The second-order valence-corrected chi connectivity index (χ2v) is 4.37. The first-order chi connectivity index (χ1) is 6.49. The van der Waals surface area contributed by atoms with Crippen molar-refractivity contribution in [1.29, 1.82) is 0 Å². The SMILES string of the molecule is C#CC1=C(C(C)C)C(C(C)C)=CC1=C. The fraction of sp³-hybridized carbons (Fsp3) is 0.429. The maximum atomic E-state index is 5.51. The van der Waals surface area contributed by atoms with Crippen LogP contribution in [0.1, 0.15) is 27.7 Å². The van der Waals surface area contributed by atoms with Crippen molar-refractivity contribution >= 4 is 0 Å². The molecule has 0 heteroatoms. The van der Waals surface area contributed by atoms with E-state index in [1.807, 2.05) is 0 Å². The molecule has 1 rings (SSSR count). The molecule has 0 radical (unpaired) electrons. The summed E-state index contributed by atoms with van der Waals surface area (Å²) in [6.45, 7) is 12.7. The van der Waals surface area contributed by atoms with Crippen LogP contribution in [0.3, 0.4) is 0 Å². The Bertz CT molecular complexity index is 354. The largest absolute Gasteiger partial charge is 0.115 e. The number of rotatable bonds is 2. The first kappa shape index (κ1) is 10.9. The van der Waals surface area contributed by atoms with Crippen LogP contribution in [0.5, 0.6) is 0 Å². The molecule has 0 saturated carbocycles. The molecule has 0 heterocycles. The van der Waals surface area contributed by atoms with E-state index in [9.17, 15) is 0 Å². The van der Waals surface area contributed by atoms with Crippen LogP contribution in [-0.4, -0.2) is 0 Å². The van der Waals surface area contributed by atoms with E-state index in [0.29, 0.717) is 11.8 Å². The van der Waals surface area contributed by atoms with Gasteiger partial charge in [-0.1, -0.05) is 46.3 Å². The van der Waals surface area contributed by atoms with Gasteiger partial charge >= 0.3 is 0 Å². The predicted octanol–water partition coefficient (Wildman–Crippen LogP) is 3.72. The Labute approximate surface area is 87.4 Å². The maximum absolute atomic E-state index is 5.51. The molecule has 0 aromatic carbocycles. The Balaban J connectivity index is 3.26. The normalized spacial score (nSPS) is 16.6. The standard InChI is InChI=1S/C14H18/c1-7-12-11(6)8-13(9(2)3)14(12)10(4)5/h1,8-10H,6H2,2-5H3. The topological polar surface area (TPSA) is 0 Å². The zero-order valence-corrected chi connectivity index (χ0v) is 9.52. The van der Waals surface area contributed by atoms with Gasteiger partial charge in [0, 0.05) is 5.57 Å². The molecule has 0 saturated heterocycles. The summed E-state index contributed by atoms with van der Waals surface area (Å²) < 4.78 is 0. The van der Waals surface area contributed by atoms with E-state index in [4.69, 9.17) is 6.42 Å². The molecule has 0 N–H and O–H groups in total. The zero-order valence-electron chi connectivity index (χ0n) is 9.52. The van der Waals surface area contributed by atoms with Crippen molar-refractivity contribution in [3.63, 3.8) is 0 Å². The molecule has 0 aromatic rings. The van der Waals surface area contributed by atoms with E-state index >= 15 is 0 Å². The third-order valence-electron chi connectivity index (χ3n) is 2.57. The summed E-state index contributed by atoms with van der Waals surface area (Å²) in [6, 6.07) is 0. The first-order valence-electron chi connectivity index (χ1n) is 5.11. The quantitative estimate of drug-likeness (QED) is 0.576. The lowest BCUT2D eigenvalue weighted by Crippen LogP contribution is -2.03. The highest BCUT2D eigenvalue weighted by molar-refractivity contribution is 5.64. The maximum Gasteiger partial charge on any atom is 0.0346 e. The highest BCUT2D eigenvalue weighted by Gasteiger charge is 2.23. The van der Waals surface area contributed by atoms with Gasteiger partial charge in [0.1, 0.15) is 0 Å². The van der Waals surface area contributed by atoms with Crippen LogP contribution in [0.25, 0.3) is 0 Å². The first-order valence-corrected chi connectivity index (χ1v) is 5.11. The molecule has 1 aliphatic carbocycles. The summed E-state index contributed by atoms with van der Waals surface area (Å²) in [4.78, 5) is 0. The monoisotopic (exact) mass is 186 g/mol. The van der Waals surface area contributed by atoms with Crippen LogP contribution >= 0.6 is 0 Å². The highest BCUT2D eigenvalue weighted by atomic mass is 14.3. The molecule has 0 nitrogen and oxygen atoms in total. The summed E-state index contributed by atoms with van der Waals surface area (Å²) in [5, 5.41) is 0. The molecule has 0 unspecified atom stereocenters. The Morgan fingerprint density at radius 2 is 1.79 bits per heavy atom. The molecule has 14 heavy (non-hydrogen) atoms. The molecule has 1 aliphatic rings. The molecule has 0 atom stereocenters. The fourth-order valence-electron chi connectivity index (χ4n) is 1.93. The molecular formula is C14H18. The second kappa shape index (κ2) is 3.88. The minimum atomic E-state index is 0.481. The van der Waals surface area contributed by atoms with Crippen LogP contribution in [0.4, 0.5) is 0 Å². The summed E-state index contributed by atoms with van der Waals surface area (Å²) >= 11 is 0. The van der Waals surface area contributed by atoms with Gasteiger partial charge in [-0.25, -0.2) is 0 Å². The smallest absolute Gasteiger partial charge is 0.0346 e. The average Bonchev–Trinajstić information content (AvgIpc) is 2.42. The third kappa shape index (κ3) is 1.68. The fourth-order valence-corrected chi connectivity index (χ4v) is 1.93. The number of terminal acetylenes is 1. The van der Waals surface area contributed by atoms with Crippen molar-refractivity contribution in [2.75, 3.05) is 0 Å². The van der Waals surface area contributed by atoms with Crippen molar-refractivity contribution in [1.82, 2.24) is 0 Å². The van der Waals surface area contributed by atoms with E-state index in [0.717, 1.165) is 11.1 Å². The van der Waals surface area contributed by atoms with Gasteiger partial charge in [-0.05, 0) is 28.6 Å². The predicted molar refractivity (Wildman–Crippen MR) is 62.8 cm³/mol. The van der Waals surface area contributed by atoms with E-state index in [-0.39, 0.29) is 0 Å². The van der Waals surface area contributed by atoms with Crippen molar-refractivity contribution in [2.45, 2.75) is 27.7 Å². The van der Waals surface area contributed by atoms with Gasteiger partial charge in [-0.3, -0.25) is 0 Å². The number of hydrogen-bond acceptors (Lipinski definition) is 0. The summed E-state index contributed by atoms with van der Waals surface area (Å²) in [5.41, 5.74) is 4.68. The van der Waals surface area contributed by atoms with Crippen LogP contribution in [-0.2, 0) is 0 Å². The third-order valence-corrected chi connectivity index (χ3v) is 2.57. The van der Waals surface area contributed by atoms with Gasteiger partial charge in [0.05, 0.1) is 0 Å². The summed E-state index contributed by atoms with van der Waals surface area (Å²) in [5.74, 6) is 3.76.